The summed E-state index contributed by atoms with van der Waals surface area (Å²) < 4.78 is 51.2. The summed E-state index contributed by atoms with van der Waals surface area (Å²) in [6.45, 7) is 2.83. The van der Waals surface area contributed by atoms with Gasteiger partial charge in [0.2, 0.25) is 11.7 Å². The third-order valence-corrected chi connectivity index (χ3v) is 4.95. The molecule has 0 fully saturated rings. The van der Waals surface area contributed by atoms with Gasteiger partial charge >= 0.3 is 6.18 Å². The molecule has 0 aliphatic carbocycles. The smallest absolute Gasteiger partial charge is 0.416 e. The molecule has 7 nitrogen and oxygen atoms in total. The first kappa shape index (κ1) is 20.7. The predicted molar refractivity (Wildman–Crippen MR) is 112 cm³/mol. The van der Waals surface area contributed by atoms with E-state index in [1.165, 1.54) is 24.5 Å². The second-order valence-corrected chi connectivity index (χ2v) is 7.08. The Morgan fingerprint density at radius 3 is 2.58 bits per heavy atom. The van der Waals surface area contributed by atoms with Crippen LogP contribution in [0.5, 0.6) is 11.6 Å². The number of fused-ring (bicyclic) bond motifs is 1. The number of rotatable bonds is 5. The molecule has 1 radical (unpaired) electrons. The average Bonchev–Trinajstić information content (AvgIpc) is 3.46. The summed E-state index contributed by atoms with van der Waals surface area (Å²) in [5.74, 6) is 1.11. The van der Waals surface area contributed by atoms with Crippen molar-refractivity contribution in [2.45, 2.75) is 19.6 Å². The number of halogens is 3. The van der Waals surface area contributed by atoms with E-state index in [-0.39, 0.29) is 17.6 Å². The molecule has 3 aromatic heterocycles. The first-order valence-electron chi connectivity index (χ1n) is 9.93. The summed E-state index contributed by atoms with van der Waals surface area (Å²) in [5, 5.41) is 4.87. The fourth-order valence-corrected chi connectivity index (χ4v) is 3.27. The van der Waals surface area contributed by atoms with Crippen molar-refractivity contribution in [3.05, 3.63) is 72.7 Å². The van der Waals surface area contributed by atoms with Gasteiger partial charge in [0.15, 0.2) is 0 Å². The van der Waals surface area contributed by atoms with Crippen molar-refractivity contribution in [1.29, 1.82) is 0 Å². The maximum atomic E-state index is 12.7. The molecule has 0 saturated carbocycles. The van der Waals surface area contributed by atoms with Crippen LogP contribution in [0, 0.1) is 6.20 Å². The largest absolute Gasteiger partial charge is 0.437 e. The van der Waals surface area contributed by atoms with Gasteiger partial charge in [-0.2, -0.15) is 18.2 Å². The topological polar surface area (TPSA) is 78.9 Å². The summed E-state index contributed by atoms with van der Waals surface area (Å²) in [6, 6.07) is 12.1. The molecular weight excluding hydrogens is 435 g/mol. The Morgan fingerprint density at radius 2 is 1.88 bits per heavy atom. The van der Waals surface area contributed by atoms with Crippen LogP contribution in [0.25, 0.3) is 33.9 Å². The molecule has 33 heavy (non-hydrogen) atoms. The lowest BCUT2D eigenvalue weighted by Gasteiger charge is -2.06. The van der Waals surface area contributed by atoms with E-state index in [4.69, 9.17) is 9.26 Å². The molecule has 5 aromatic rings. The van der Waals surface area contributed by atoms with Crippen LogP contribution < -0.4 is 4.74 Å². The van der Waals surface area contributed by atoms with Gasteiger partial charge in [0.1, 0.15) is 11.4 Å². The minimum absolute atomic E-state index is 0.0849. The zero-order valence-corrected chi connectivity index (χ0v) is 17.2. The number of hydrogen-bond donors (Lipinski definition) is 0. The third kappa shape index (κ3) is 4.14. The maximum Gasteiger partial charge on any atom is 0.416 e. The van der Waals surface area contributed by atoms with Crippen LogP contribution in [0.3, 0.4) is 0 Å². The highest BCUT2D eigenvalue weighted by Crippen LogP contribution is 2.31. The van der Waals surface area contributed by atoms with Gasteiger partial charge in [0, 0.05) is 23.6 Å². The molecule has 0 saturated heterocycles. The Labute approximate surface area is 185 Å². The van der Waals surface area contributed by atoms with Gasteiger partial charge in [-0.1, -0.05) is 17.3 Å². The van der Waals surface area contributed by atoms with E-state index in [1.54, 1.807) is 0 Å². The molecule has 0 amide bonds. The number of hydrogen-bond acceptors (Lipinski definition) is 6. The van der Waals surface area contributed by atoms with Crippen LogP contribution in [-0.2, 0) is 12.7 Å². The zero-order valence-electron chi connectivity index (χ0n) is 17.2. The maximum absolute atomic E-state index is 12.7. The van der Waals surface area contributed by atoms with E-state index in [0.29, 0.717) is 17.0 Å². The molecule has 0 aliphatic rings. The fraction of sp³-hybridized carbons (Fsp3) is 0.130. The molecule has 0 aliphatic heterocycles. The van der Waals surface area contributed by atoms with Crippen molar-refractivity contribution in [2.24, 2.45) is 0 Å². The van der Waals surface area contributed by atoms with Gasteiger partial charge in [-0.05, 0) is 37.3 Å². The first-order chi connectivity index (χ1) is 15.9. The molecule has 2 aromatic carbocycles. The van der Waals surface area contributed by atoms with E-state index < -0.39 is 11.7 Å². The Morgan fingerprint density at radius 1 is 1.06 bits per heavy atom. The van der Waals surface area contributed by atoms with Crippen LogP contribution in [0.4, 0.5) is 13.2 Å². The van der Waals surface area contributed by atoms with Crippen LogP contribution in [-0.4, -0.2) is 24.7 Å². The molecule has 165 valence electrons. The molecule has 5 rings (SSSR count). The second kappa shape index (κ2) is 8.05. The Balaban J connectivity index is 1.32. The van der Waals surface area contributed by atoms with Gasteiger partial charge in [0.25, 0.3) is 5.89 Å². The molecular formula is C23H15F3N5O2. The SMILES string of the molecule is CCn1[c]cc2ccc(Oc3cnc(-c4nc(-c5ccc(C(F)(F)F)cc5)no4)cn3)cc21. The van der Waals surface area contributed by atoms with Crippen LogP contribution in [0.1, 0.15) is 12.5 Å². The van der Waals surface area contributed by atoms with Gasteiger partial charge < -0.3 is 13.8 Å². The molecule has 3 heterocycles. The summed E-state index contributed by atoms with van der Waals surface area (Å²) in [5.41, 5.74) is 0.936. The van der Waals surface area contributed by atoms with Crippen LogP contribution in [0.2, 0.25) is 0 Å². The summed E-state index contributed by atoms with van der Waals surface area (Å²) in [6.07, 6.45) is 1.59. The minimum Gasteiger partial charge on any atom is -0.437 e. The zero-order chi connectivity index (χ0) is 23.0. The Bertz CT molecular complexity index is 1410. The molecule has 0 bridgehead atoms. The highest BCUT2D eigenvalue weighted by Gasteiger charge is 2.30. The lowest BCUT2D eigenvalue weighted by molar-refractivity contribution is -0.137. The summed E-state index contributed by atoms with van der Waals surface area (Å²) in [7, 11) is 0. The average molecular weight is 450 g/mol. The van der Waals surface area contributed by atoms with Crippen molar-refractivity contribution in [3.8, 4) is 34.6 Å². The highest BCUT2D eigenvalue weighted by atomic mass is 19.4. The Hall–Kier alpha value is -4.21. The number of aromatic nitrogens is 5. The molecule has 0 N–H and O–H groups in total. The summed E-state index contributed by atoms with van der Waals surface area (Å²) in [4.78, 5) is 12.7. The van der Waals surface area contributed by atoms with Gasteiger partial charge in [-0.15, -0.1) is 0 Å². The third-order valence-electron chi connectivity index (χ3n) is 4.95. The van der Waals surface area contributed by atoms with Crippen LogP contribution in [0.15, 0.2) is 65.4 Å². The lowest BCUT2D eigenvalue weighted by Crippen LogP contribution is -2.04. The number of nitrogens with zero attached hydrogens (tertiary/aromatic N) is 5. The molecule has 0 unspecified atom stereocenters. The number of benzene rings is 2. The van der Waals surface area contributed by atoms with Crippen molar-refractivity contribution in [3.63, 3.8) is 0 Å². The van der Waals surface area contributed by atoms with Crippen LogP contribution >= 0.6 is 0 Å². The monoisotopic (exact) mass is 450 g/mol. The van der Waals surface area contributed by atoms with Crippen molar-refractivity contribution < 1.29 is 22.4 Å². The van der Waals surface area contributed by atoms with Crippen molar-refractivity contribution in [2.75, 3.05) is 0 Å². The number of ether oxygens (including phenoxy) is 1. The molecule has 10 heteroatoms. The summed E-state index contributed by atoms with van der Waals surface area (Å²) >= 11 is 0. The fourth-order valence-electron chi connectivity index (χ4n) is 3.27. The Kier molecular flexibility index (Phi) is 5.04. The van der Waals surface area contributed by atoms with Crippen molar-refractivity contribution in [1.82, 2.24) is 24.7 Å². The van der Waals surface area contributed by atoms with E-state index >= 15 is 0 Å². The number of aryl methyl sites for hydroxylation is 1. The van der Waals surface area contributed by atoms with Gasteiger partial charge in [-0.3, -0.25) is 0 Å². The van der Waals surface area contributed by atoms with E-state index in [1.807, 2.05) is 35.8 Å². The predicted octanol–water partition coefficient (Wildman–Crippen LogP) is 5.78. The molecule has 0 atom stereocenters. The van der Waals surface area contributed by atoms with Gasteiger partial charge in [0.05, 0.1) is 29.7 Å². The number of alkyl halides is 3. The quantitative estimate of drug-likeness (QED) is 0.338. The van der Waals surface area contributed by atoms with Gasteiger partial charge in [-0.25, -0.2) is 9.97 Å². The van der Waals surface area contributed by atoms with E-state index in [0.717, 1.165) is 29.6 Å². The van der Waals surface area contributed by atoms with E-state index in [9.17, 15) is 13.2 Å². The van der Waals surface area contributed by atoms with E-state index in [2.05, 4.69) is 26.3 Å². The highest BCUT2D eigenvalue weighted by molar-refractivity contribution is 5.81. The minimum atomic E-state index is -4.41. The lowest BCUT2D eigenvalue weighted by atomic mass is 10.1. The second-order valence-electron chi connectivity index (χ2n) is 7.08. The molecule has 0 spiro atoms. The van der Waals surface area contributed by atoms with Crippen molar-refractivity contribution >= 4 is 10.9 Å². The first-order valence-corrected chi connectivity index (χ1v) is 9.93. The normalized spacial score (nSPS) is 11.8. The standard InChI is InChI=1S/C23H15F3N5O2/c1-2-31-10-9-14-5-8-17(11-19(14)31)32-20-13-27-18(12-28-20)22-29-21(30-33-22)15-3-6-16(7-4-15)23(24,25)26/h3-9,11-13H,2H2,1H3.